The SMILES string of the molecule is CC(=O)c1ccc(C(=O)c2c3ccccc3n3c(C(F)(F)F)nc4ccccc4c23)cc1. The van der Waals surface area contributed by atoms with Crippen LogP contribution in [0.5, 0.6) is 0 Å². The van der Waals surface area contributed by atoms with Crippen LogP contribution >= 0.6 is 0 Å². The number of carbonyl (C=O) groups excluding carboxylic acids is 2. The molecule has 0 N–H and O–H groups in total. The van der Waals surface area contributed by atoms with Crippen molar-refractivity contribution in [2.45, 2.75) is 13.1 Å². The summed E-state index contributed by atoms with van der Waals surface area (Å²) in [5.74, 6) is -1.66. The number of hydrogen-bond donors (Lipinski definition) is 0. The molecule has 0 bridgehead atoms. The number of hydrogen-bond acceptors (Lipinski definition) is 3. The lowest BCUT2D eigenvalue weighted by Crippen LogP contribution is -2.15. The van der Waals surface area contributed by atoms with E-state index >= 15 is 0 Å². The van der Waals surface area contributed by atoms with E-state index in [9.17, 15) is 22.8 Å². The number of aromatic nitrogens is 2. The molecule has 0 saturated carbocycles. The normalized spacial score (nSPS) is 12.0. The molecule has 0 aliphatic carbocycles. The quantitative estimate of drug-likeness (QED) is 0.324. The van der Waals surface area contributed by atoms with Gasteiger partial charge >= 0.3 is 6.18 Å². The molecule has 5 aromatic rings. The summed E-state index contributed by atoms with van der Waals surface area (Å²) in [5, 5.41) is 0.845. The van der Waals surface area contributed by atoms with Gasteiger partial charge in [-0.25, -0.2) is 4.98 Å². The summed E-state index contributed by atoms with van der Waals surface area (Å²) >= 11 is 0. The maximum absolute atomic E-state index is 14.0. The number of halogens is 3. The highest BCUT2D eigenvalue weighted by molar-refractivity contribution is 6.25. The van der Waals surface area contributed by atoms with Crippen molar-refractivity contribution < 1.29 is 22.8 Å². The Bertz CT molecular complexity index is 1550. The van der Waals surface area contributed by atoms with Gasteiger partial charge in [0.15, 0.2) is 11.6 Å². The van der Waals surface area contributed by atoms with Gasteiger partial charge in [0.25, 0.3) is 0 Å². The Morgan fingerprint density at radius 1 is 0.812 bits per heavy atom. The number of nitrogens with zero attached hydrogens (tertiary/aromatic N) is 2. The standard InChI is InChI=1S/C25H15F3N2O2/c1-14(31)15-10-12-16(13-11-15)23(32)21-18-7-3-5-9-20(18)30-22(21)17-6-2-4-8-19(17)29-24(30)25(26,27)28/h2-13H,1H3. The molecule has 0 fully saturated rings. The molecule has 0 saturated heterocycles. The van der Waals surface area contributed by atoms with Crippen molar-refractivity contribution in [1.29, 1.82) is 0 Å². The van der Waals surface area contributed by atoms with Gasteiger partial charge in [-0.3, -0.25) is 14.0 Å². The minimum atomic E-state index is -4.73. The fraction of sp³-hybridized carbons (Fsp3) is 0.0800. The zero-order valence-corrected chi connectivity index (χ0v) is 16.8. The number of alkyl halides is 3. The Balaban J connectivity index is 1.93. The summed E-state index contributed by atoms with van der Waals surface area (Å²) in [7, 11) is 0. The third kappa shape index (κ3) is 2.97. The van der Waals surface area contributed by atoms with E-state index in [1.807, 2.05) is 0 Å². The molecule has 7 heteroatoms. The summed E-state index contributed by atoms with van der Waals surface area (Å²) in [6, 6.07) is 19.1. The molecule has 0 radical (unpaired) electrons. The van der Waals surface area contributed by atoms with Crippen molar-refractivity contribution in [2.75, 3.05) is 0 Å². The maximum atomic E-state index is 14.0. The first kappa shape index (κ1) is 19.9. The van der Waals surface area contributed by atoms with Crippen molar-refractivity contribution >= 4 is 38.9 Å². The summed E-state index contributed by atoms with van der Waals surface area (Å²) < 4.78 is 43.1. The van der Waals surface area contributed by atoms with Crippen molar-refractivity contribution in [3.8, 4) is 0 Å². The molecule has 158 valence electrons. The van der Waals surface area contributed by atoms with E-state index in [2.05, 4.69) is 4.98 Å². The van der Waals surface area contributed by atoms with Gasteiger partial charge in [-0.05, 0) is 19.1 Å². The Morgan fingerprint density at radius 2 is 1.41 bits per heavy atom. The van der Waals surface area contributed by atoms with E-state index in [0.29, 0.717) is 16.3 Å². The second-order valence-electron chi connectivity index (χ2n) is 7.49. The minimum absolute atomic E-state index is 0.143. The fourth-order valence-corrected chi connectivity index (χ4v) is 4.07. The largest absolute Gasteiger partial charge is 0.450 e. The number of fused-ring (bicyclic) bond motifs is 5. The number of carbonyl (C=O) groups is 2. The van der Waals surface area contributed by atoms with E-state index in [1.54, 1.807) is 42.5 Å². The van der Waals surface area contributed by atoms with Crippen molar-refractivity contribution in [1.82, 2.24) is 9.38 Å². The zero-order chi connectivity index (χ0) is 22.6. The van der Waals surface area contributed by atoms with Gasteiger partial charge in [0.2, 0.25) is 5.82 Å². The summed E-state index contributed by atoms with van der Waals surface area (Å²) in [6.45, 7) is 1.42. The molecule has 2 aromatic heterocycles. The monoisotopic (exact) mass is 432 g/mol. The maximum Gasteiger partial charge on any atom is 0.450 e. The van der Waals surface area contributed by atoms with Crippen LogP contribution in [0.25, 0.3) is 27.3 Å². The number of benzene rings is 3. The van der Waals surface area contributed by atoms with Crippen molar-refractivity contribution in [2.24, 2.45) is 0 Å². The van der Waals surface area contributed by atoms with Crippen molar-refractivity contribution in [3.05, 3.63) is 95.3 Å². The highest BCUT2D eigenvalue weighted by Crippen LogP contribution is 2.38. The third-order valence-electron chi connectivity index (χ3n) is 5.51. The lowest BCUT2D eigenvalue weighted by Gasteiger charge is -2.13. The lowest BCUT2D eigenvalue weighted by atomic mass is 9.98. The second kappa shape index (κ2) is 7.02. The van der Waals surface area contributed by atoms with Crippen LogP contribution in [0.15, 0.2) is 72.8 Å². The van der Waals surface area contributed by atoms with Gasteiger partial charge in [0.05, 0.1) is 22.1 Å². The number of ketones is 2. The van der Waals surface area contributed by atoms with Gasteiger partial charge in [-0.15, -0.1) is 0 Å². The number of para-hydroxylation sites is 2. The highest BCUT2D eigenvalue weighted by Gasteiger charge is 2.38. The van der Waals surface area contributed by atoms with Crippen LogP contribution in [0.3, 0.4) is 0 Å². The predicted molar refractivity (Wildman–Crippen MR) is 115 cm³/mol. The minimum Gasteiger partial charge on any atom is -0.295 e. The Labute approximate surface area is 179 Å². The smallest absolute Gasteiger partial charge is 0.295 e. The molecule has 2 heterocycles. The molecule has 0 unspecified atom stereocenters. The molecule has 0 amide bonds. The first-order valence-electron chi connectivity index (χ1n) is 9.82. The highest BCUT2D eigenvalue weighted by atomic mass is 19.4. The summed E-state index contributed by atoms with van der Waals surface area (Å²) in [6.07, 6.45) is -4.73. The van der Waals surface area contributed by atoms with Gasteiger partial charge < -0.3 is 0 Å². The van der Waals surface area contributed by atoms with E-state index in [4.69, 9.17) is 0 Å². The molecule has 4 nitrogen and oxygen atoms in total. The van der Waals surface area contributed by atoms with Crippen LogP contribution in [-0.4, -0.2) is 21.0 Å². The molecule has 3 aromatic carbocycles. The number of Topliss-reactive ketones (excluding diaryl/α,β-unsaturated/α-hetero) is 1. The topological polar surface area (TPSA) is 51.4 Å². The van der Waals surface area contributed by atoms with Gasteiger partial charge in [0, 0.05) is 21.9 Å². The average Bonchev–Trinajstić information content (AvgIpc) is 3.13. The Kier molecular flexibility index (Phi) is 4.37. The molecule has 0 atom stereocenters. The summed E-state index contributed by atoms with van der Waals surface area (Å²) in [5.41, 5.74) is 1.45. The van der Waals surface area contributed by atoms with Crippen LogP contribution in [-0.2, 0) is 6.18 Å². The van der Waals surface area contributed by atoms with Crippen LogP contribution in [0.2, 0.25) is 0 Å². The van der Waals surface area contributed by atoms with E-state index in [1.165, 1.54) is 37.3 Å². The zero-order valence-electron chi connectivity index (χ0n) is 16.8. The van der Waals surface area contributed by atoms with Crippen LogP contribution < -0.4 is 0 Å². The lowest BCUT2D eigenvalue weighted by molar-refractivity contribution is -0.145. The Morgan fingerprint density at radius 3 is 2.06 bits per heavy atom. The fourth-order valence-electron chi connectivity index (χ4n) is 4.07. The molecule has 0 aliphatic rings. The summed E-state index contributed by atoms with van der Waals surface area (Å²) in [4.78, 5) is 29.1. The Hall–Kier alpha value is -4.00. The van der Waals surface area contributed by atoms with Crippen LogP contribution in [0.4, 0.5) is 13.2 Å². The average molecular weight is 432 g/mol. The number of rotatable bonds is 3. The van der Waals surface area contributed by atoms with Crippen LogP contribution in [0.1, 0.15) is 39.0 Å². The van der Waals surface area contributed by atoms with Gasteiger partial charge in [-0.1, -0.05) is 60.7 Å². The third-order valence-corrected chi connectivity index (χ3v) is 5.51. The first-order chi connectivity index (χ1) is 15.3. The van der Waals surface area contributed by atoms with E-state index < -0.39 is 17.8 Å². The molecular weight excluding hydrogens is 417 g/mol. The van der Waals surface area contributed by atoms with Crippen LogP contribution in [0, 0.1) is 0 Å². The molecular formula is C25H15F3N2O2. The second-order valence-corrected chi connectivity index (χ2v) is 7.49. The molecule has 0 spiro atoms. The predicted octanol–water partition coefficient (Wildman–Crippen LogP) is 6.09. The van der Waals surface area contributed by atoms with Crippen molar-refractivity contribution in [3.63, 3.8) is 0 Å². The van der Waals surface area contributed by atoms with Gasteiger partial charge in [-0.2, -0.15) is 13.2 Å². The molecule has 5 rings (SSSR count). The van der Waals surface area contributed by atoms with Gasteiger partial charge in [0.1, 0.15) is 0 Å². The van der Waals surface area contributed by atoms with E-state index in [-0.39, 0.29) is 33.5 Å². The van der Waals surface area contributed by atoms with E-state index in [0.717, 1.165) is 4.40 Å². The first-order valence-corrected chi connectivity index (χ1v) is 9.82. The molecule has 32 heavy (non-hydrogen) atoms. The molecule has 0 aliphatic heterocycles.